The van der Waals surface area contributed by atoms with Crippen LogP contribution in [0.25, 0.3) is 22.1 Å². The quantitative estimate of drug-likeness (QED) is 0.508. The van der Waals surface area contributed by atoms with E-state index in [4.69, 9.17) is 4.74 Å². The molecule has 1 N–H and O–H groups in total. The smallest absolute Gasteiger partial charge is 0.211 e. The first kappa shape index (κ1) is 15.4. The summed E-state index contributed by atoms with van der Waals surface area (Å²) in [5.41, 5.74) is 3.66. The number of methoxy groups -OCH3 is 1. The summed E-state index contributed by atoms with van der Waals surface area (Å²) in [5, 5.41) is 10.3. The first-order valence-electron chi connectivity index (χ1n) is 7.31. The second-order valence-electron chi connectivity index (χ2n) is 5.21. The number of ether oxygens (including phenoxy) is 1. The Labute approximate surface area is 151 Å². The van der Waals surface area contributed by atoms with Gasteiger partial charge in [-0.15, -0.1) is 10.2 Å². The molecule has 0 saturated heterocycles. The molecule has 0 fully saturated rings. The molecule has 0 aliphatic rings. The summed E-state index contributed by atoms with van der Waals surface area (Å²) in [6, 6.07) is 13.9. The van der Waals surface area contributed by atoms with Crippen molar-refractivity contribution in [1.82, 2.24) is 20.2 Å². The van der Waals surface area contributed by atoms with E-state index >= 15 is 0 Å². The van der Waals surface area contributed by atoms with Crippen molar-refractivity contribution in [2.45, 2.75) is 10.9 Å². The summed E-state index contributed by atoms with van der Waals surface area (Å²) in [7, 11) is 1.67. The molecule has 2 heterocycles. The van der Waals surface area contributed by atoms with Gasteiger partial charge in [-0.3, -0.25) is 0 Å². The first-order valence-corrected chi connectivity index (χ1v) is 9.09. The van der Waals surface area contributed by atoms with Crippen LogP contribution in [0.1, 0.15) is 5.56 Å². The van der Waals surface area contributed by atoms with Crippen LogP contribution in [0.5, 0.6) is 5.75 Å². The molecule has 0 spiro atoms. The van der Waals surface area contributed by atoms with E-state index in [0.29, 0.717) is 10.9 Å². The number of hydrogen-bond acceptors (Lipinski definition) is 5. The maximum absolute atomic E-state index is 5.40. The van der Waals surface area contributed by atoms with Gasteiger partial charge in [0.2, 0.25) is 5.16 Å². The van der Waals surface area contributed by atoms with Gasteiger partial charge < -0.3 is 9.72 Å². The van der Waals surface area contributed by atoms with Crippen molar-refractivity contribution >= 4 is 49.8 Å². The number of rotatable bonds is 4. The maximum Gasteiger partial charge on any atom is 0.211 e. The van der Waals surface area contributed by atoms with Crippen LogP contribution >= 0.6 is 27.7 Å². The van der Waals surface area contributed by atoms with E-state index in [0.717, 1.165) is 37.9 Å². The van der Waals surface area contributed by atoms with Crippen molar-refractivity contribution in [1.29, 1.82) is 0 Å². The molecule has 0 unspecified atom stereocenters. The zero-order valence-electron chi connectivity index (χ0n) is 12.8. The molecular formula is C17H13BrN4OS. The number of nitrogens with one attached hydrogen (secondary N) is 1. The molecule has 24 heavy (non-hydrogen) atoms. The molecule has 0 aliphatic heterocycles. The molecule has 7 heteroatoms. The number of aromatic nitrogens is 4. The minimum atomic E-state index is 0.635. The summed E-state index contributed by atoms with van der Waals surface area (Å²) in [6.07, 6.45) is 0. The van der Waals surface area contributed by atoms with E-state index in [-0.39, 0.29) is 0 Å². The van der Waals surface area contributed by atoms with Gasteiger partial charge >= 0.3 is 0 Å². The van der Waals surface area contributed by atoms with Crippen molar-refractivity contribution in [3.63, 3.8) is 0 Å². The summed E-state index contributed by atoms with van der Waals surface area (Å²) in [4.78, 5) is 7.88. The zero-order chi connectivity index (χ0) is 16.5. The Hall–Kier alpha value is -2.12. The molecule has 2 aromatic heterocycles. The van der Waals surface area contributed by atoms with Gasteiger partial charge in [-0.1, -0.05) is 45.9 Å². The van der Waals surface area contributed by atoms with E-state index in [9.17, 15) is 0 Å². The monoisotopic (exact) mass is 400 g/mol. The third kappa shape index (κ3) is 2.85. The fourth-order valence-electron chi connectivity index (χ4n) is 2.57. The number of H-pyrrole nitrogens is 1. The van der Waals surface area contributed by atoms with E-state index in [1.54, 1.807) is 7.11 Å². The lowest BCUT2D eigenvalue weighted by Crippen LogP contribution is -1.94. The minimum absolute atomic E-state index is 0.635. The van der Waals surface area contributed by atoms with E-state index in [1.807, 2.05) is 42.5 Å². The van der Waals surface area contributed by atoms with E-state index in [2.05, 4.69) is 36.1 Å². The standard InChI is InChI=1S/C17H13BrN4OS/c1-23-14-7-6-11(18)8-10(14)9-24-17-20-16-15(21-22-17)12-4-2-3-5-13(12)19-16/h2-8H,9H2,1H3,(H,19,20,22). The van der Waals surface area contributed by atoms with Crippen molar-refractivity contribution in [3.8, 4) is 5.75 Å². The molecule has 4 rings (SSSR count). The van der Waals surface area contributed by atoms with E-state index < -0.39 is 0 Å². The van der Waals surface area contributed by atoms with Gasteiger partial charge in [-0.25, -0.2) is 4.98 Å². The van der Waals surface area contributed by atoms with Gasteiger partial charge in [0.25, 0.3) is 0 Å². The van der Waals surface area contributed by atoms with Crippen molar-refractivity contribution in [2.24, 2.45) is 0 Å². The summed E-state index contributed by atoms with van der Waals surface area (Å²) >= 11 is 5.02. The molecule has 5 nitrogen and oxygen atoms in total. The van der Waals surface area contributed by atoms with Crippen LogP contribution in [-0.2, 0) is 5.75 Å². The topological polar surface area (TPSA) is 63.7 Å². The number of halogens is 1. The third-order valence-corrected chi connectivity index (χ3v) is 5.08. The highest BCUT2D eigenvalue weighted by Gasteiger charge is 2.10. The molecule has 0 saturated carbocycles. The van der Waals surface area contributed by atoms with Gasteiger partial charge in [0.1, 0.15) is 11.3 Å². The fourth-order valence-corrected chi connectivity index (χ4v) is 3.74. The Morgan fingerprint density at radius 3 is 2.92 bits per heavy atom. The molecule has 0 atom stereocenters. The number of fused-ring (bicyclic) bond motifs is 3. The first-order chi connectivity index (χ1) is 11.7. The van der Waals surface area contributed by atoms with Crippen LogP contribution in [0.3, 0.4) is 0 Å². The van der Waals surface area contributed by atoms with Crippen LogP contribution in [-0.4, -0.2) is 27.3 Å². The lowest BCUT2D eigenvalue weighted by atomic mass is 10.2. The molecule has 0 amide bonds. The van der Waals surface area contributed by atoms with Crippen LogP contribution in [0.2, 0.25) is 0 Å². The molecule has 0 aliphatic carbocycles. The summed E-state index contributed by atoms with van der Waals surface area (Å²) < 4.78 is 6.42. The Balaban J connectivity index is 1.63. The highest BCUT2D eigenvalue weighted by molar-refractivity contribution is 9.10. The molecule has 4 aromatic rings. The molecule has 0 bridgehead atoms. The Bertz CT molecular complexity index is 1030. The van der Waals surface area contributed by atoms with Crippen LogP contribution in [0, 0.1) is 0 Å². The average molecular weight is 401 g/mol. The summed E-state index contributed by atoms with van der Waals surface area (Å²) in [5.74, 6) is 1.56. The van der Waals surface area contributed by atoms with Crippen molar-refractivity contribution in [3.05, 3.63) is 52.5 Å². The number of thioether (sulfide) groups is 1. The lowest BCUT2D eigenvalue weighted by Gasteiger charge is -2.08. The maximum atomic E-state index is 5.40. The minimum Gasteiger partial charge on any atom is -0.496 e. The van der Waals surface area contributed by atoms with Crippen molar-refractivity contribution in [2.75, 3.05) is 7.11 Å². The lowest BCUT2D eigenvalue weighted by molar-refractivity contribution is 0.411. The Kier molecular flexibility index (Phi) is 4.12. The van der Waals surface area contributed by atoms with Gasteiger partial charge in [-0.2, -0.15) is 0 Å². The van der Waals surface area contributed by atoms with Gasteiger partial charge in [-0.05, 0) is 24.3 Å². The second kappa shape index (κ2) is 6.41. The number of benzene rings is 2. The molecule has 2 aromatic carbocycles. The third-order valence-electron chi connectivity index (χ3n) is 3.70. The zero-order valence-corrected chi connectivity index (χ0v) is 15.2. The predicted molar refractivity (Wildman–Crippen MR) is 99.4 cm³/mol. The van der Waals surface area contributed by atoms with Gasteiger partial charge in [0.15, 0.2) is 5.65 Å². The number of para-hydroxylation sites is 1. The highest BCUT2D eigenvalue weighted by atomic mass is 79.9. The van der Waals surface area contributed by atoms with Crippen LogP contribution in [0.15, 0.2) is 52.1 Å². The van der Waals surface area contributed by atoms with Crippen LogP contribution in [0.4, 0.5) is 0 Å². The normalized spacial score (nSPS) is 11.2. The Morgan fingerprint density at radius 1 is 1.17 bits per heavy atom. The SMILES string of the molecule is COc1ccc(Br)cc1CSc1nnc2c(n1)[nH]c1ccccc12. The average Bonchev–Trinajstić information content (AvgIpc) is 2.98. The van der Waals surface area contributed by atoms with Gasteiger partial charge in [0, 0.05) is 26.7 Å². The second-order valence-corrected chi connectivity index (χ2v) is 7.07. The van der Waals surface area contributed by atoms with E-state index in [1.165, 1.54) is 11.8 Å². The number of nitrogens with zero attached hydrogens (tertiary/aromatic N) is 3. The van der Waals surface area contributed by atoms with Crippen molar-refractivity contribution < 1.29 is 4.74 Å². The molecule has 120 valence electrons. The Morgan fingerprint density at radius 2 is 2.04 bits per heavy atom. The molecule has 0 radical (unpaired) electrons. The predicted octanol–water partition coefficient (Wildman–Crippen LogP) is 4.57. The highest BCUT2D eigenvalue weighted by Crippen LogP contribution is 2.29. The number of hydrogen-bond donors (Lipinski definition) is 1. The summed E-state index contributed by atoms with van der Waals surface area (Å²) in [6.45, 7) is 0. The molecular weight excluding hydrogens is 388 g/mol. The fraction of sp³-hybridized carbons (Fsp3) is 0.118. The van der Waals surface area contributed by atoms with Gasteiger partial charge in [0.05, 0.1) is 7.11 Å². The largest absolute Gasteiger partial charge is 0.496 e. The van der Waals surface area contributed by atoms with Crippen LogP contribution < -0.4 is 4.74 Å². The number of aromatic amines is 1.